The van der Waals surface area contributed by atoms with Gasteiger partial charge in [-0.25, -0.2) is 19.9 Å². The minimum absolute atomic E-state index is 0.0938. The van der Waals surface area contributed by atoms with Gasteiger partial charge in [0.15, 0.2) is 11.5 Å². The number of anilines is 1. The number of nitrogens with two attached hydrogens (primary N) is 1. The van der Waals surface area contributed by atoms with Crippen LogP contribution in [-0.4, -0.2) is 66.7 Å². The molecule has 1 aromatic carbocycles. The molecule has 0 radical (unpaired) electrons. The summed E-state index contributed by atoms with van der Waals surface area (Å²) in [6.45, 7) is 7.04. The number of aryl methyl sites for hydroxylation is 2. The third-order valence-corrected chi connectivity index (χ3v) is 6.79. The molecule has 4 rings (SSSR count). The van der Waals surface area contributed by atoms with Gasteiger partial charge in [0.2, 0.25) is 0 Å². The van der Waals surface area contributed by atoms with Gasteiger partial charge in [-0.3, -0.25) is 4.90 Å². The first kappa shape index (κ1) is 25.6. The number of imidazole rings is 2. The summed E-state index contributed by atoms with van der Waals surface area (Å²) in [6, 6.07) is 4.00. The van der Waals surface area contributed by atoms with Crippen LogP contribution in [0.3, 0.4) is 0 Å². The number of rotatable bonds is 12. The molecule has 0 fully saturated rings. The Kier molecular flexibility index (Phi) is 8.43. The van der Waals surface area contributed by atoms with Gasteiger partial charge in [-0.15, -0.1) is 0 Å². The van der Waals surface area contributed by atoms with E-state index in [9.17, 15) is 0 Å². The van der Waals surface area contributed by atoms with Crippen molar-refractivity contribution in [3.63, 3.8) is 0 Å². The number of H-pyrrole nitrogens is 1. The number of benzene rings is 1. The summed E-state index contributed by atoms with van der Waals surface area (Å²) in [6.07, 6.45) is 7.12. The quantitative estimate of drug-likeness (QED) is 0.260. The number of ether oxygens (including phenoxy) is 1. The average molecular weight is 519 g/mol. The summed E-state index contributed by atoms with van der Waals surface area (Å²) in [7, 11) is 1.77. The van der Waals surface area contributed by atoms with Crippen LogP contribution >= 0.6 is 23.2 Å². The minimum Gasteiger partial charge on any atom is -0.382 e. The average Bonchev–Trinajstić information content (AvgIpc) is 3.42. The zero-order valence-corrected chi connectivity index (χ0v) is 21.9. The highest BCUT2D eigenvalue weighted by molar-refractivity contribution is 6.38. The fourth-order valence-electron chi connectivity index (χ4n) is 4.27. The van der Waals surface area contributed by atoms with Gasteiger partial charge in [-0.05, 0) is 51.8 Å². The molecular formula is C24H32Cl2N8O. The molecule has 3 heterocycles. The van der Waals surface area contributed by atoms with Crippen molar-refractivity contribution in [2.75, 3.05) is 25.9 Å². The molecule has 0 aliphatic rings. The Labute approximate surface area is 215 Å². The number of halogens is 2. The number of unbranched alkanes of at least 4 members (excludes halogenated alkanes) is 1. The summed E-state index contributed by atoms with van der Waals surface area (Å²) in [4.78, 5) is 23.1. The molecule has 0 spiro atoms. The molecule has 3 N–H and O–H groups in total. The standard InChI is InChI=1S/C24H32Cl2N8O/c1-15(2)33(8-5-4-6-20-31-19-11-16(25)10-18(26)21(19)32-20)12-17(35-3)7-9-34-14-30-22-23(27)28-13-29-24(22)34/h10-11,13-15,17H,4-9,12H2,1-3H3,(H,31,32)(H2,27,28,29). The summed E-state index contributed by atoms with van der Waals surface area (Å²) in [5.74, 6) is 1.34. The lowest BCUT2D eigenvalue weighted by molar-refractivity contribution is 0.0447. The van der Waals surface area contributed by atoms with Crippen molar-refractivity contribution in [3.8, 4) is 0 Å². The second-order valence-corrected chi connectivity index (χ2v) is 9.87. The van der Waals surface area contributed by atoms with Crippen LogP contribution < -0.4 is 5.73 Å². The second-order valence-electron chi connectivity index (χ2n) is 9.03. The molecule has 1 atom stereocenters. The van der Waals surface area contributed by atoms with E-state index >= 15 is 0 Å². The molecular weight excluding hydrogens is 487 g/mol. The molecule has 4 aromatic rings. The molecule has 0 aliphatic heterocycles. The maximum absolute atomic E-state index is 6.27. The molecule has 0 saturated carbocycles. The molecule has 35 heavy (non-hydrogen) atoms. The van der Waals surface area contributed by atoms with Gasteiger partial charge in [-0.1, -0.05) is 23.2 Å². The van der Waals surface area contributed by atoms with Crippen LogP contribution in [0.25, 0.3) is 22.2 Å². The summed E-state index contributed by atoms with van der Waals surface area (Å²) in [5, 5.41) is 1.18. The van der Waals surface area contributed by atoms with E-state index in [0.717, 1.165) is 67.8 Å². The first-order chi connectivity index (χ1) is 16.9. The van der Waals surface area contributed by atoms with E-state index in [-0.39, 0.29) is 6.10 Å². The van der Waals surface area contributed by atoms with Gasteiger partial charge in [-0.2, -0.15) is 0 Å². The van der Waals surface area contributed by atoms with Crippen molar-refractivity contribution in [1.29, 1.82) is 0 Å². The van der Waals surface area contributed by atoms with Crippen LogP contribution in [0.5, 0.6) is 0 Å². The van der Waals surface area contributed by atoms with Gasteiger partial charge in [0, 0.05) is 37.7 Å². The van der Waals surface area contributed by atoms with E-state index in [2.05, 4.69) is 43.7 Å². The molecule has 0 aliphatic carbocycles. The van der Waals surface area contributed by atoms with Crippen LogP contribution in [0.4, 0.5) is 5.82 Å². The maximum Gasteiger partial charge on any atom is 0.165 e. The van der Waals surface area contributed by atoms with Crippen molar-refractivity contribution in [1.82, 2.24) is 34.4 Å². The van der Waals surface area contributed by atoms with Crippen molar-refractivity contribution in [2.24, 2.45) is 0 Å². The predicted octanol–water partition coefficient (Wildman–Crippen LogP) is 4.73. The van der Waals surface area contributed by atoms with Crippen LogP contribution in [0.1, 0.15) is 38.9 Å². The Hall–Kier alpha value is -2.46. The normalized spacial score (nSPS) is 13.0. The summed E-state index contributed by atoms with van der Waals surface area (Å²) < 4.78 is 7.83. The van der Waals surface area contributed by atoms with Crippen molar-refractivity contribution in [3.05, 3.63) is 40.7 Å². The lowest BCUT2D eigenvalue weighted by Gasteiger charge is -2.30. The molecule has 188 valence electrons. The third kappa shape index (κ3) is 6.22. The number of methoxy groups -OCH3 is 1. The third-order valence-electron chi connectivity index (χ3n) is 6.29. The molecule has 9 nitrogen and oxygen atoms in total. The Morgan fingerprint density at radius 3 is 2.74 bits per heavy atom. The van der Waals surface area contributed by atoms with Gasteiger partial charge in [0.1, 0.15) is 23.2 Å². The van der Waals surface area contributed by atoms with E-state index in [1.165, 1.54) is 6.33 Å². The van der Waals surface area contributed by atoms with Gasteiger partial charge in [0.25, 0.3) is 0 Å². The first-order valence-corrected chi connectivity index (χ1v) is 12.6. The minimum atomic E-state index is 0.0938. The number of hydrogen-bond acceptors (Lipinski definition) is 7. The van der Waals surface area contributed by atoms with E-state index in [0.29, 0.717) is 27.4 Å². The van der Waals surface area contributed by atoms with Crippen LogP contribution in [0, 0.1) is 0 Å². The zero-order valence-electron chi connectivity index (χ0n) is 20.3. The predicted molar refractivity (Wildman–Crippen MR) is 141 cm³/mol. The SMILES string of the molecule is COC(CCn1cnc2c(N)ncnc21)CN(CCCCc1nc2c(Cl)cc(Cl)cc2[nH]1)C(C)C. The van der Waals surface area contributed by atoms with Crippen molar-refractivity contribution < 1.29 is 4.74 Å². The highest BCUT2D eigenvalue weighted by Gasteiger charge is 2.18. The fourth-order valence-corrected chi connectivity index (χ4v) is 4.81. The molecule has 0 amide bonds. The number of nitrogen functional groups attached to an aromatic ring is 1. The first-order valence-electron chi connectivity index (χ1n) is 11.9. The number of nitrogens with one attached hydrogen (secondary N) is 1. The van der Waals surface area contributed by atoms with Crippen molar-refractivity contribution in [2.45, 2.75) is 58.2 Å². The maximum atomic E-state index is 6.27. The number of nitrogens with zero attached hydrogens (tertiary/aromatic N) is 6. The largest absolute Gasteiger partial charge is 0.382 e. The van der Waals surface area contributed by atoms with Crippen molar-refractivity contribution >= 4 is 51.2 Å². The van der Waals surface area contributed by atoms with E-state index < -0.39 is 0 Å². The monoisotopic (exact) mass is 518 g/mol. The van der Waals surface area contributed by atoms with Crippen LogP contribution in [0.15, 0.2) is 24.8 Å². The molecule has 0 saturated heterocycles. The molecule has 1 unspecified atom stereocenters. The van der Waals surface area contributed by atoms with E-state index in [1.54, 1.807) is 19.5 Å². The smallest absolute Gasteiger partial charge is 0.165 e. The summed E-state index contributed by atoms with van der Waals surface area (Å²) >= 11 is 12.4. The summed E-state index contributed by atoms with van der Waals surface area (Å²) in [5.41, 5.74) is 8.95. The zero-order chi connectivity index (χ0) is 24.9. The van der Waals surface area contributed by atoms with Gasteiger partial charge in [0.05, 0.1) is 23.0 Å². The van der Waals surface area contributed by atoms with E-state index in [4.69, 9.17) is 33.7 Å². The molecule has 11 heteroatoms. The Bertz CT molecular complexity index is 1270. The molecule has 3 aromatic heterocycles. The van der Waals surface area contributed by atoms with Gasteiger partial charge >= 0.3 is 0 Å². The lowest BCUT2D eigenvalue weighted by atomic mass is 10.1. The number of aromatic amines is 1. The second kappa shape index (κ2) is 11.5. The number of fused-ring (bicyclic) bond motifs is 2. The highest BCUT2D eigenvalue weighted by Crippen LogP contribution is 2.26. The van der Waals surface area contributed by atoms with Gasteiger partial charge < -0.3 is 20.0 Å². The number of hydrogen-bond donors (Lipinski definition) is 2. The topological polar surface area (TPSA) is 111 Å². The number of aromatic nitrogens is 6. The Balaban J connectivity index is 1.28. The van der Waals surface area contributed by atoms with E-state index in [1.807, 2.05) is 10.6 Å². The highest BCUT2D eigenvalue weighted by atomic mass is 35.5. The lowest BCUT2D eigenvalue weighted by Crippen LogP contribution is -2.39. The van der Waals surface area contributed by atoms with Crippen LogP contribution in [-0.2, 0) is 17.7 Å². The Morgan fingerprint density at radius 1 is 1.14 bits per heavy atom. The van der Waals surface area contributed by atoms with Crippen LogP contribution in [0.2, 0.25) is 10.0 Å². The Morgan fingerprint density at radius 2 is 1.97 bits per heavy atom. The molecule has 0 bridgehead atoms. The fraction of sp³-hybridized carbons (Fsp3) is 0.500.